The Bertz CT molecular complexity index is 714. The molecular weight excluding hydrogens is 294 g/mol. The number of carbonyl (C=O) groups excluding carboxylic acids is 2. The van der Waals surface area contributed by atoms with Crippen LogP contribution in [0.3, 0.4) is 0 Å². The molecule has 0 aromatic heterocycles. The average Bonchev–Trinajstić information content (AvgIpc) is 2.59. The van der Waals surface area contributed by atoms with Crippen LogP contribution in [0.1, 0.15) is 20.7 Å². The van der Waals surface area contributed by atoms with E-state index in [0.717, 1.165) is 5.69 Å². The number of para-hydroxylation sites is 1. The Kier molecular flexibility index (Phi) is 5.19. The highest BCUT2D eigenvalue weighted by atomic mass is 16.5. The molecule has 2 amide bonds. The molecule has 2 aromatic carbocycles. The summed E-state index contributed by atoms with van der Waals surface area (Å²) in [5.41, 5.74) is 6.49. The zero-order valence-electron chi connectivity index (χ0n) is 13.3. The molecule has 0 aliphatic rings. The topological polar surface area (TPSA) is 70.7 Å². The normalized spacial score (nSPS) is 9.87. The summed E-state index contributed by atoms with van der Waals surface area (Å²) in [4.78, 5) is 26.1. The molecule has 2 N–H and O–H groups in total. The maximum absolute atomic E-state index is 12.1. The molecular formula is C17H19N3O3. The summed E-state index contributed by atoms with van der Waals surface area (Å²) in [6, 6.07) is 13.9. The van der Waals surface area contributed by atoms with Crippen molar-refractivity contribution >= 4 is 17.5 Å². The van der Waals surface area contributed by atoms with Gasteiger partial charge in [0.1, 0.15) is 5.75 Å². The standard InChI is InChI=1S/C17H19N3O3/c1-20(2)13-8-6-7-12(11-13)16(21)18-19-17(22)14-9-4-5-10-15(14)23-3/h4-11H,1-3H3,(H,18,21)(H,19,22). The molecule has 120 valence electrons. The minimum atomic E-state index is -0.445. The van der Waals surface area contributed by atoms with Crippen LogP contribution in [0.2, 0.25) is 0 Å². The van der Waals surface area contributed by atoms with Crippen LogP contribution in [0, 0.1) is 0 Å². The third-order valence-corrected chi connectivity index (χ3v) is 3.27. The average molecular weight is 313 g/mol. The molecule has 23 heavy (non-hydrogen) atoms. The second kappa shape index (κ2) is 7.31. The number of benzene rings is 2. The van der Waals surface area contributed by atoms with Crippen molar-refractivity contribution in [1.82, 2.24) is 10.9 Å². The molecule has 2 rings (SSSR count). The molecule has 6 heteroatoms. The minimum absolute atomic E-state index is 0.345. The van der Waals surface area contributed by atoms with E-state index >= 15 is 0 Å². The first-order valence-electron chi connectivity index (χ1n) is 7.04. The predicted molar refractivity (Wildman–Crippen MR) is 88.7 cm³/mol. The molecule has 0 fully saturated rings. The van der Waals surface area contributed by atoms with Gasteiger partial charge in [-0.2, -0.15) is 0 Å². The number of hydrogen-bond donors (Lipinski definition) is 2. The largest absolute Gasteiger partial charge is 0.496 e. The van der Waals surface area contributed by atoms with Gasteiger partial charge >= 0.3 is 0 Å². The van der Waals surface area contributed by atoms with Crippen LogP contribution in [0.25, 0.3) is 0 Å². The molecule has 0 saturated carbocycles. The number of nitrogens with one attached hydrogen (secondary N) is 2. The fourth-order valence-electron chi connectivity index (χ4n) is 2.01. The van der Waals surface area contributed by atoms with Gasteiger partial charge in [-0.15, -0.1) is 0 Å². The summed E-state index contributed by atoms with van der Waals surface area (Å²) < 4.78 is 5.12. The van der Waals surface area contributed by atoms with Crippen molar-refractivity contribution in [2.45, 2.75) is 0 Å². The van der Waals surface area contributed by atoms with E-state index in [4.69, 9.17) is 4.74 Å². The second-order valence-corrected chi connectivity index (χ2v) is 5.05. The van der Waals surface area contributed by atoms with Gasteiger partial charge in [0.05, 0.1) is 12.7 Å². The first-order chi connectivity index (χ1) is 11.0. The Morgan fingerprint density at radius 2 is 1.65 bits per heavy atom. The molecule has 0 spiro atoms. The summed E-state index contributed by atoms with van der Waals surface area (Å²) in [6.45, 7) is 0. The third-order valence-electron chi connectivity index (χ3n) is 3.27. The number of carbonyl (C=O) groups is 2. The van der Waals surface area contributed by atoms with Crippen molar-refractivity contribution in [3.8, 4) is 5.75 Å². The van der Waals surface area contributed by atoms with E-state index in [0.29, 0.717) is 16.9 Å². The number of methoxy groups -OCH3 is 1. The van der Waals surface area contributed by atoms with Gasteiger partial charge in [0.25, 0.3) is 11.8 Å². The van der Waals surface area contributed by atoms with Crippen LogP contribution in [-0.2, 0) is 0 Å². The molecule has 2 aromatic rings. The van der Waals surface area contributed by atoms with Gasteiger partial charge in [-0.1, -0.05) is 18.2 Å². The number of ether oxygens (including phenoxy) is 1. The van der Waals surface area contributed by atoms with Crippen LogP contribution >= 0.6 is 0 Å². The van der Waals surface area contributed by atoms with E-state index in [2.05, 4.69) is 10.9 Å². The van der Waals surface area contributed by atoms with Gasteiger partial charge < -0.3 is 9.64 Å². The van der Waals surface area contributed by atoms with Crippen LogP contribution in [-0.4, -0.2) is 33.0 Å². The van der Waals surface area contributed by atoms with Crippen molar-refractivity contribution < 1.29 is 14.3 Å². The maximum Gasteiger partial charge on any atom is 0.273 e. The molecule has 0 aliphatic carbocycles. The second-order valence-electron chi connectivity index (χ2n) is 5.05. The summed E-state index contributed by atoms with van der Waals surface area (Å²) in [7, 11) is 5.26. The van der Waals surface area contributed by atoms with E-state index in [-0.39, 0.29) is 0 Å². The Morgan fingerprint density at radius 3 is 2.35 bits per heavy atom. The Hall–Kier alpha value is -3.02. The number of anilines is 1. The van der Waals surface area contributed by atoms with Gasteiger partial charge in [-0.25, -0.2) is 0 Å². The van der Waals surface area contributed by atoms with Crippen LogP contribution in [0.4, 0.5) is 5.69 Å². The van der Waals surface area contributed by atoms with E-state index < -0.39 is 11.8 Å². The summed E-state index contributed by atoms with van der Waals surface area (Å²) in [5.74, 6) is -0.398. The summed E-state index contributed by atoms with van der Waals surface area (Å²) >= 11 is 0. The lowest BCUT2D eigenvalue weighted by atomic mass is 10.2. The first-order valence-corrected chi connectivity index (χ1v) is 7.04. The first kappa shape index (κ1) is 16.4. The van der Waals surface area contributed by atoms with Crippen molar-refractivity contribution in [2.24, 2.45) is 0 Å². The van der Waals surface area contributed by atoms with Gasteiger partial charge in [0, 0.05) is 25.3 Å². The quantitative estimate of drug-likeness (QED) is 0.845. The molecule has 0 radical (unpaired) electrons. The van der Waals surface area contributed by atoms with Gasteiger partial charge in [0.2, 0.25) is 0 Å². The fourth-order valence-corrected chi connectivity index (χ4v) is 2.01. The number of hydrazine groups is 1. The molecule has 0 heterocycles. The summed E-state index contributed by atoms with van der Waals surface area (Å²) in [6.07, 6.45) is 0. The molecule has 0 unspecified atom stereocenters. The highest BCUT2D eigenvalue weighted by Crippen LogP contribution is 2.16. The highest BCUT2D eigenvalue weighted by molar-refractivity contribution is 6.00. The highest BCUT2D eigenvalue weighted by Gasteiger charge is 2.13. The monoisotopic (exact) mass is 313 g/mol. The smallest absolute Gasteiger partial charge is 0.273 e. The molecule has 0 aliphatic heterocycles. The number of amides is 2. The van der Waals surface area contributed by atoms with E-state index in [1.165, 1.54) is 7.11 Å². The Balaban J connectivity index is 2.04. The Morgan fingerprint density at radius 1 is 0.957 bits per heavy atom. The summed E-state index contributed by atoms with van der Waals surface area (Å²) in [5, 5.41) is 0. The number of nitrogens with zero attached hydrogens (tertiary/aromatic N) is 1. The maximum atomic E-state index is 12.1. The lowest BCUT2D eigenvalue weighted by Crippen LogP contribution is -2.41. The SMILES string of the molecule is COc1ccccc1C(=O)NNC(=O)c1cccc(N(C)C)c1. The zero-order valence-corrected chi connectivity index (χ0v) is 13.3. The van der Waals surface area contributed by atoms with Crippen molar-refractivity contribution in [2.75, 3.05) is 26.1 Å². The van der Waals surface area contributed by atoms with Crippen molar-refractivity contribution in [1.29, 1.82) is 0 Å². The Labute approximate surface area is 135 Å². The van der Waals surface area contributed by atoms with Gasteiger partial charge in [-0.3, -0.25) is 20.4 Å². The van der Waals surface area contributed by atoms with Crippen molar-refractivity contribution in [3.05, 3.63) is 59.7 Å². The zero-order chi connectivity index (χ0) is 16.8. The lowest BCUT2D eigenvalue weighted by Gasteiger charge is -2.14. The van der Waals surface area contributed by atoms with Crippen LogP contribution in [0.5, 0.6) is 5.75 Å². The lowest BCUT2D eigenvalue weighted by molar-refractivity contribution is 0.0845. The fraction of sp³-hybridized carbons (Fsp3) is 0.176. The van der Waals surface area contributed by atoms with Gasteiger partial charge in [0.15, 0.2) is 0 Å². The van der Waals surface area contributed by atoms with Crippen LogP contribution in [0.15, 0.2) is 48.5 Å². The van der Waals surface area contributed by atoms with Gasteiger partial charge in [-0.05, 0) is 30.3 Å². The molecule has 6 nitrogen and oxygen atoms in total. The van der Waals surface area contributed by atoms with E-state index in [1.807, 2.05) is 25.1 Å². The molecule has 0 saturated heterocycles. The van der Waals surface area contributed by atoms with Crippen molar-refractivity contribution in [3.63, 3.8) is 0 Å². The number of hydrogen-bond acceptors (Lipinski definition) is 4. The minimum Gasteiger partial charge on any atom is -0.496 e. The third kappa shape index (κ3) is 4.00. The predicted octanol–water partition coefficient (Wildman–Crippen LogP) is 1.84. The van der Waals surface area contributed by atoms with Crippen LogP contribution < -0.4 is 20.5 Å². The molecule has 0 atom stereocenters. The van der Waals surface area contributed by atoms with E-state index in [9.17, 15) is 9.59 Å². The number of rotatable bonds is 4. The molecule has 0 bridgehead atoms. The van der Waals surface area contributed by atoms with E-state index in [1.54, 1.807) is 42.5 Å².